The van der Waals surface area contributed by atoms with Crippen LogP contribution in [0.15, 0.2) is 0 Å². The molecule has 22 heavy (non-hydrogen) atoms. The molecule has 0 saturated carbocycles. The summed E-state index contributed by atoms with van der Waals surface area (Å²) in [6, 6.07) is 0. The largest absolute Gasteiger partial charge is 0.394 e. The normalized spacial score (nSPS) is 12.7. The van der Waals surface area contributed by atoms with Gasteiger partial charge in [-0.3, -0.25) is 0 Å². The van der Waals surface area contributed by atoms with Crippen LogP contribution in [-0.4, -0.2) is 77.8 Å². The molecule has 0 saturated heterocycles. The molecule has 0 aliphatic rings. The smallest absolute Gasteiger partial charge is 0.0701 e. The van der Waals surface area contributed by atoms with E-state index in [-0.39, 0.29) is 6.61 Å². The Morgan fingerprint density at radius 3 is 1.36 bits per heavy atom. The van der Waals surface area contributed by atoms with E-state index in [1.807, 2.05) is 0 Å². The van der Waals surface area contributed by atoms with Gasteiger partial charge in [-0.15, -0.1) is 0 Å². The van der Waals surface area contributed by atoms with Crippen molar-refractivity contribution in [1.29, 1.82) is 0 Å². The van der Waals surface area contributed by atoms with Crippen molar-refractivity contribution >= 4 is 0 Å². The highest BCUT2D eigenvalue weighted by Gasteiger charge is 1.98. The van der Waals surface area contributed by atoms with E-state index in [1.54, 1.807) is 0 Å². The fourth-order valence-corrected chi connectivity index (χ4v) is 1.53. The van der Waals surface area contributed by atoms with E-state index in [4.69, 9.17) is 28.8 Å². The second-order valence-corrected chi connectivity index (χ2v) is 5.09. The molecule has 0 bridgehead atoms. The monoisotopic (exact) mass is 322 g/mol. The van der Waals surface area contributed by atoms with Crippen LogP contribution in [-0.2, 0) is 23.7 Å². The number of aliphatic hydroxyl groups is 1. The lowest BCUT2D eigenvalue weighted by Crippen LogP contribution is -2.14. The van der Waals surface area contributed by atoms with Crippen LogP contribution in [0.2, 0.25) is 0 Å². The van der Waals surface area contributed by atoms with E-state index < -0.39 is 0 Å². The molecule has 0 rings (SSSR count). The summed E-state index contributed by atoms with van der Waals surface area (Å²) in [4.78, 5) is 0. The van der Waals surface area contributed by atoms with E-state index >= 15 is 0 Å². The van der Waals surface area contributed by atoms with Crippen molar-refractivity contribution in [2.24, 2.45) is 5.92 Å². The molecule has 0 radical (unpaired) electrons. The summed E-state index contributed by atoms with van der Waals surface area (Å²) >= 11 is 0. The minimum Gasteiger partial charge on any atom is -0.394 e. The molecule has 0 heterocycles. The molecule has 0 fully saturated rings. The van der Waals surface area contributed by atoms with Gasteiger partial charge in [-0.05, 0) is 12.3 Å². The van der Waals surface area contributed by atoms with Crippen LogP contribution >= 0.6 is 0 Å². The minimum atomic E-state index is 0.0476. The van der Waals surface area contributed by atoms with Crippen molar-refractivity contribution in [2.45, 2.75) is 26.7 Å². The van der Waals surface area contributed by atoms with Crippen LogP contribution in [0.25, 0.3) is 0 Å². The summed E-state index contributed by atoms with van der Waals surface area (Å²) in [7, 11) is 0. The Balaban J connectivity index is 2.97. The Bertz CT molecular complexity index is 203. The lowest BCUT2D eigenvalue weighted by atomic mass is 10.1. The van der Waals surface area contributed by atoms with E-state index in [2.05, 4.69) is 13.8 Å². The van der Waals surface area contributed by atoms with Crippen LogP contribution in [0.1, 0.15) is 26.7 Å². The average molecular weight is 322 g/mol. The van der Waals surface area contributed by atoms with Crippen LogP contribution in [0.3, 0.4) is 0 Å². The van der Waals surface area contributed by atoms with Gasteiger partial charge in [0, 0.05) is 6.61 Å². The van der Waals surface area contributed by atoms with Crippen molar-refractivity contribution in [1.82, 2.24) is 0 Å². The molecule has 0 aliphatic heterocycles. The summed E-state index contributed by atoms with van der Waals surface area (Å²) < 4.78 is 26.6. The SMILES string of the molecule is CCC(C)CCOCCOCCOCCOCCOCCO. The standard InChI is InChI=1S/C16H34O6/c1-3-16(2)4-6-18-8-10-20-12-14-22-15-13-21-11-9-19-7-5-17/h16-17H,3-15H2,1-2H3. The molecule has 1 N–H and O–H groups in total. The van der Waals surface area contributed by atoms with Gasteiger partial charge in [0.05, 0.1) is 66.1 Å². The van der Waals surface area contributed by atoms with Gasteiger partial charge in [0.1, 0.15) is 0 Å². The third-order valence-corrected chi connectivity index (χ3v) is 3.18. The van der Waals surface area contributed by atoms with Crippen LogP contribution in [0.5, 0.6) is 0 Å². The van der Waals surface area contributed by atoms with Gasteiger partial charge in [-0.1, -0.05) is 20.3 Å². The first-order valence-corrected chi connectivity index (χ1v) is 8.30. The van der Waals surface area contributed by atoms with Gasteiger partial charge in [0.25, 0.3) is 0 Å². The molecule has 0 aromatic heterocycles. The van der Waals surface area contributed by atoms with Gasteiger partial charge in [-0.25, -0.2) is 0 Å². The van der Waals surface area contributed by atoms with Crippen molar-refractivity contribution in [3.63, 3.8) is 0 Å². The topological polar surface area (TPSA) is 66.4 Å². The fraction of sp³-hybridized carbons (Fsp3) is 1.00. The molecule has 6 heteroatoms. The first kappa shape index (κ1) is 21.8. The molecule has 134 valence electrons. The van der Waals surface area contributed by atoms with E-state index in [0.29, 0.717) is 59.5 Å². The molecule has 1 atom stereocenters. The third kappa shape index (κ3) is 17.8. The number of hydrogen-bond donors (Lipinski definition) is 1. The van der Waals surface area contributed by atoms with Crippen molar-refractivity contribution in [3.8, 4) is 0 Å². The second-order valence-electron chi connectivity index (χ2n) is 5.09. The summed E-state index contributed by atoms with van der Waals surface area (Å²) in [5.74, 6) is 0.734. The van der Waals surface area contributed by atoms with Crippen molar-refractivity contribution in [2.75, 3.05) is 72.7 Å². The average Bonchev–Trinajstić information content (AvgIpc) is 2.54. The van der Waals surface area contributed by atoms with E-state index in [1.165, 1.54) is 6.42 Å². The van der Waals surface area contributed by atoms with Crippen LogP contribution in [0.4, 0.5) is 0 Å². The summed E-state index contributed by atoms with van der Waals surface area (Å²) in [5.41, 5.74) is 0. The lowest BCUT2D eigenvalue weighted by Gasteiger charge is -2.09. The first-order chi connectivity index (χ1) is 10.8. The van der Waals surface area contributed by atoms with Crippen molar-refractivity contribution < 1.29 is 28.8 Å². The zero-order valence-corrected chi connectivity index (χ0v) is 14.3. The quantitative estimate of drug-likeness (QED) is 0.386. The zero-order chi connectivity index (χ0) is 16.3. The van der Waals surface area contributed by atoms with E-state index in [0.717, 1.165) is 18.9 Å². The summed E-state index contributed by atoms with van der Waals surface area (Å²) in [6.45, 7) is 10.2. The van der Waals surface area contributed by atoms with Crippen LogP contribution < -0.4 is 0 Å². The van der Waals surface area contributed by atoms with Gasteiger partial charge in [0.15, 0.2) is 0 Å². The number of rotatable bonds is 18. The van der Waals surface area contributed by atoms with Gasteiger partial charge < -0.3 is 28.8 Å². The van der Waals surface area contributed by atoms with Gasteiger partial charge in [0.2, 0.25) is 0 Å². The maximum absolute atomic E-state index is 8.50. The Labute approximate surface area is 135 Å². The summed E-state index contributed by atoms with van der Waals surface area (Å²) in [6.07, 6.45) is 2.32. The predicted octanol–water partition coefficient (Wildman–Crippen LogP) is 1.50. The highest BCUT2D eigenvalue weighted by Crippen LogP contribution is 2.05. The molecule has 6 nitrogen and oxygen atoms in total. The molecular weight excluding hydrogens is 288 g/mol. The molecule has 0 spiro atoms. The maximum Gasteiger partial charge on any atom is 0.0701 e. The lowest BCUT2D eigenvalue weighted by molar-refractivity contribution is -0.0138. The highest BCUT2D eigenvalue weighted by atomic mass is 16.6. The minimum absolute atomic E-state index is 0.0476. The Kier molecular flexibility index (Phi) is 18.6. The number of aliphatic hydroxyl groups excluding tert-OH is 1. The number of hydrogen-bond acceptors (Lipinski definition) is 6. The van der Waals surface area contributed by atoms with E-state index in [9.17, 15) is 0 Å². The zero-order valence-electron chi connectivity index (χ0n) is 14.3. The molecule has 0 aromatic carbocycles. The summed E-state index contributed by atoms with van der Waals surface area (Å²) in [5, 5.41) is 8.50. The fourth-order valence-electron chi connectivity index (χ4n) is 1.53. The number of ether oxygens (including phenoxy) is 5. The second kappa shape index (κ2) is 18.8. The molecular formula is C16H34O6. The predicted molar refractivity (Wildman–Crippen MR) is 85.3 cm³/mol. The Morgan fingerprint density at radius 1 is 0.636 bits per heavy atom. The first-order valence-electron chi connectivity index (χ1n) is 8.30. The highest BCUT2D eigenvalue weighted by molar-refractivity contribution is 4.48. The van der Waals surface area contributed by atoms with Gasteiger partial charge in [-0.2, -0.15) is 0 Å². The Morgan fingerprint density at radius 2 is 1.00 bits per heavy atom. The maximum atomic E-state index is 8.50. The van der Waals surface area contributed by atoms with Gasteiger partial charge >= 0.3 is 0 Å². The third-order valence-electron chi connectivity index (χ3n) is 3.18. The Hall–Kier alpha value is -0.240. The van der Waals surface area contributed by atoms with Crippen LogP contribution in [0, 0.1) is 5.92 Å². The molecule has 1 unspecified atom stereocenters. The molecule has 0 aromatic rings. The molecule has 0 amide bonds. The molecule has 0 aliphatic carbocycles. The van der Waals surface area contributed by atoms with Crippen molar-refractivity contribution in [3.05, 3.63) is 0 Å².